The number of hydrogen-bond donors (Lipinski definition) is 3. The molecule has 3 aliphatic heterocycles. The smallest absolute Gasteiger partial charge is 0.108 e. The van der Waals surface area contributed by atoms with E-state index in [2.05, 4.69) is 30.0 Å². The Kier molecular flexibility index (Phi) is 5.94. The zero-order valence-electron chi connectivity index (χ0n) is 15.7. The molecule has 0 aromatic rings. The highest BCUT2D eigenvalue weighted by Gasteiger charge is 2.45. The van der Waals surface area contributed by atoms with Crippen LogP contribution in [0.5, 0.6) is 0 Å². The van der Waals surface area contributed by atoms with Gasteiger partial charge in [0, 0.05) is 24.7 Å². The maximum atomic E-state index is 6.37. The van der Waals surface area contributed by atoms with Crippen molar-refractivity contribution in [1.82, 2.24) is 16.2 Å². The molecule has 6 unspecified atom stereocenters. The third-order valence-electron chi connectivity index (χ3n) is 6.41. The fraction of sp³-hybridized carbons (Fsp3) is 1.00. The van der Waals surface area contributed by atoms with Gasteiger partial charge in [-0.1, -0.05) is 0 Å². The lowest BCUT2D eigenvalue weighted by Gasteiger charge is -2.40. The van der Waals surface area contributed by atoms with Gasteiger partial charge in [-0.2, -0.15) is 0 Å². The van der Waals surface area contributed by atoms with Crippen molar-refractivity contribution in [2.75, 3.05) is 13.2 Å². The van der Waals surface area contributed by atoms with E-state index in [-0.39, 0.29) is 18.4 Å². The summed E-state index contributed by atoms with van der Waals surface area (Å²) in [7, 11) is 0. The number of hydrazine groups is 1. The summed E-state index contributed by atoms with van der Waals surface area (Å²) in [5.74, 6) is 0.640. The molecule has 6 nitrogen and oxygen atoms in total. The van der Waals surface area contributed by atoms with Gasteiger partial charge in [-0.25, -0.2) is 0 Å². The van der Waals surface area contributed by atoms with Gasteiger partial charge in [-0.15, -0.1) is 0 Å². The molecular weight excluding hydrogens is 318 g/mol. The molecule has 0 aromatic heterocycles. The highest BCUT2D eigenvalue weighted by atomic mass is 16.5. The first kappa shape index (κ1) is 18.1. The van der Waals surface area contributed by atoms with Gasteiger partial charge in [0.25, 0.3) is 0 Å². The Bertz CT molecular complexity index is 438. The standard InChI is InChI=1S/C19H35N3O3/c1-12-8-9-23-11-13(2)25-18-5-3-4-17(20-18)19-15-10-14(24-12)6-7-16(15)21-22-19/h12-22H,3-11H2,1-2H3/t12-,13+,14?,15?,16?,17?,18?,19?/m0/s1. The van der Waals surface area contributed by atoms with Crippen LogP contribution in [-0.4, -0.2) is 55.9 Å². The normalized spacial score (nSPS) is 49.2. The van der Waals surface area contributed by atoms with E-state index in [1.807, 2.05) is 0 Å². The van der Waals surface area contributed by atoms with Gasteiger partial charge in [0.1, 0.15) is 6.23 Å². The largest absolute Gasteiger partial charge is 0.379 e. The molecule has 1 saturated carbocycles. The molecule has 144 valence electrons. The SMILES string of the molecule is C[C@@H]1COCC[C@H](C)OC2CCC3NNC(C4CCCC(N4)O1)C3C2. The maximum Gasteiger partial charge on any atom is 0.108 e. The Morgan fingerprint density at radius 1 is 0.840 bits per heavy atom. The van der Waals surface area contributed by atoms with Gasteiger partial charge in [0.05, 0.1) is 24.9 Å². The highest BCUT2D eigenvalue weighted by Crippen LogP contribution is 2.35. The van der Waals surface area contributed by atoms with Crippen molar-refractivity contribution in [3.8, 4) is 0 Å². The van der Waals surface area contributed by atoms with Crippen molar-refractivity contribution in [2.45, 2.75) is 101 Å². The van der Waals surface area contributed by atoms with Crippen molar-refractivity contribution in [3.05, 3.63) is 0 Å². The van der Waals surface area contributed by atoms with Crippen LogP contribution in [-0.2, 0) is 14.2 Å². The van der Waals surface area contributed by atoms with Crippen molar-refractivity contribution in [3.63, 3.8) is 0 Å². The predicted octanol–water partition coefficient (Wildman–Crippen LogP) is 1.70. The molecular formula is C19H35N3O3. The van der Waals surface area contributed by atoms with Crippen LogP contribution in [0.2, 0.25) is 0 Å². The van der Waals surface area contributed by atoms with E-state index < -0.39 is 0 Å². The molecule has 25 heavy (non-hydrogen) atoms. The van der Waals surface area contributed by atoms with Gasteiger partial charge in [-0.3, -0.25) is 16.2 Å². The van der Waals surface area contributed by atoms with Gasteiger partial charge >= 0.3 is 0 Å². The van der Waals surface area contributed by atoms with E-state index in [0.29, 0.717) is 36.8 Å². The molecule has 6 heteroatoms. The van der Waals surface area contributed by atoms with Crippen molar-refractivity contribution in [2.24, 2.45) is 5.92 Å². The van der Waals surface area contributed by atoms with Crippen LogP contribution in [0.15, 0.2) is 0 Å². The second kappa shape index (κ2) is 8.19. The zero-order chi connectivity index (χ0) is 17.2. The Morgan fingerprint density at radius 3 is 2.68 bits per heavy atom. The molecule has 3 saturated heterocycles. The van der Waals surface area contributed by atoms with Crippen LogP contribution in [0.1, 0.15) is 58.8 Å². The molecule has 0 spiro atoms. The first-order chi connectivity index (χ1) is 12.2. The number of rotatable bonds is 0. The first-order valence-corrected chi connectivity index (χ1v) is 10.3. The average Bonchev–Trinajstić information content (AvgIpc) is 3.01. The molecule has 4 aliphatic rings. The Morgan fingerprint density at radius 2 is 1.76 bits per heavy atom. The van der Waals surface area contributed by atoms with Gasteiger partial charge in [0.2, 0.25) is 0 Å². The summed E-state index contributed by atoms with van der Waals surface area (Å²) < 4.78 is 18.4. The molecule has 1 aliphatic carbocycles. The fourth-order valence-electron chi connectivity index (χ4n) is 5.11. The summed E-state index contributed by atoms with van der Waals surface area (Å²) in [5.41, 5.74) is 7.17. The Hall–Kier alpha value is -0.240. The lowest BCUT2D eigenvalue weighted by atomic mass is 9.76. The molecule has 3 N–H and O–H groups in total. The van der Waals surface area contributed by atoms with E-state index in [0.717, 1.165) is 32.3 Å². The molecule has 0 amide bonds. The van der Waals surface area contributed by atoms with E-state index in [4.69, 9.17) is 14.2 Å². The highest BCUT2D eigenvalue weighted by molar-refractivity contribution is 5.01. The van der Waals surface area contributed by atoms with Crippen LogP contribution in [0.25, 0.3) is 0 Å². The van der Waals surface area contributed by atoms with Crippen LogP contribution in [0, 0.1) is 5.92 Å². The van der Waals surface area contributed by atoms with Gasteiger partial charge < -0.3 is 14.2 Å². The average molecular weight is 354 g/mol. The number of nitrogens with one attached hydrogen (secondary N) is 3. The maximum absolute atomic E-state index is 6.37. The molecule has 4 rings (SSSR count). The van der Waals surface area contributed by atoms with Crippen LogP contribution < -0.4 is 16.2 Å². The van der Waals surface area contributed by atoms with E-state index in [1.165, 1.54) is 19.3 Å². The number of ether oxygens (including phenoxy) is 3. The topological polar surface area (TPSA) is 63.8 Å². The minimum absolute atomic E-state index is 0.124. The third-order valence-corrected chi connectivity index (χ3v) is 6.41. The fourth-order valence-corrected chi connectivity index (χ4v) is 5.11. The third kappa shape index (κ3) is 4.37. The Balaban J connectivity index is 1.48. The summed E-state index contributed by atoms with van der Waals surface area (Å²) >= 11 is 0. The zero-order valence-corrected chi connectivity index (χ0v) is 15.7. The molecule has 4 bridgehead atoms. The molecule has 8 atom stereocenters. The second-order valence-corrected chi connectivity index (χ2v) is 8.47. The van der Waals surface area contributed by atoms with Gasteiger partial charge in [-0.05, 0) is 64.7 Å². The molecule has 3 heterocycles. The molecule has 0 aromatic carbocycles. The van der Waals surface area contributed by atoms with Crippen molar-refractivity contribution >= 4 is 0 Å². The second-order valence-electron chi connectivity index (χ2n) is 8.47. The quantitative estimate of drug-likeness (QED) is 0.616. The Labute approximate surface area is 151 Å². The number of piperidine rings is 1. The summed E-state index contributed by atoms with van der Waals surface area (Å²) in [5, 5.41) is 3.77. The lowest BCUT2D eigenvalue weighted by Crippen LogP contribution is -2.56. The van der Waals surface area contributed by atoms with E-state index in [1.54, 1.807) is 0 Å². The monoisotopic (exact) mass is 353 g/mol. The number of fused-ring (bicyclic) bond motifs is 4. The van der Waals surface area contributed by atoms with Crippen LogP contribution in [0.4, 0.5) is 0 Å². The summed E-state index contributed by atoms with van der Waals surface area (Å²) in [4.78, 5) is 0. The minimum Gasteiger partial charge on any atom is -0.379 e. The van der Waals surface area contributed by atoms with Crippen LogP contribution >= 0.6 is 0 Å². The lowest BCUT2D eigenvalue weighted by molar-refractivity contribution is -0.0813. The van der Waals surface area contributed by atoms with E-state index in [9.17, 15) is 0 Å². The van der Waals surface area contributed by atoms with Crippen molar-refractivity contribution in [1.29, 1.82) is 0 Å². The summed E-state index contributed by atoms with van der Waals surface area (Å²) in [6, 6.07) is 1.52. The molecule has 4 fully saturated rings. The van der Waals surface area contributed by atoms with Gasteiger partial charge in [0.15, 0.2) is 0 Å². The number of hydrogen-bond acceptors (Lipinski definition) is 6. The van der Waals surface area contributed by atoms with E-state index >= 15 is 0 Å². The summed E-state index contributed by atoms with van der Waals surface area (Å²) in [6.45, 7) is 5.71. The summed E-state index contributed by atoms with van der Waals surface area (Å²) in [6.07, 6.45) is 8.94. The predicted molar refractivity (Wildman–Crippen MR) is 96.1 cm³/mol. The first-order valence-electron chi connectivity index (χ1n) is 10.3. The molecule has 0 radical (unpaired) electrons. The van der Waals surface area contributed by atoms with Crippen LogP contribution in [0.3, 0.4) is 0 Å². The van der Waals surface area contributed by atoms with Crippen molar-refractivity contribution < 1.29 is 14.2 Å². The minimum atomic E-state index is 0.124.